The van der Waals surface area contributed by atoms with Gasteiger partial charge in [0, 0.05) is 46.8 Å². The molecular weight excluding hydrogens is 511 g/mol. The summed E-state index contributed by atoms with van der Waals surface area (Å²) in [6.07, 6.45) is 4.64. The smallest absolute Gasteiger partial charge is 0.164 e. The van der Waals surface area contributed by atoms with Crippen molar-refractivity contribution in [1.82, 2.24) is 9.80 Å². The number of benzene rings is 2. The normalized spacial score (nSPS) is 14.8. The molecule has 3 rings (SSSR count). The van der Waals surface area contributed by atoms with Gasteiger partial charge in [-0.2, -0.15) is 0 Å². The molecule has 0 aromatic heterocycles. The lowest BCUT2D eigenvalue weighted by Crippen LogP contribution is -2.36. The van der Waals surface area contributed by atoms with E-state index in [1.165, 1.54) is 0 Å². The van der Waals surface area contributed by atoms with E-state index in [1.807, 2.05) is 72.8 Å². The van der Waals surface area contributed by atoms with E-state index in [0.717, 1.165) is 15.6 Å². The van der Waals surface area contributed by atoms with E-state index in [-0.39, 0.29) is 11.9 Å². The van der Waals surface area contributed by atoms with Gasteiger partial charge in [-0.25, -0.2) is 0 Å². The zero-order chi connectivity index (χ0) is 22.9. The predicted octanol–water partition coefficient (Wildman–Crippen LogP) is 6.46. The van der Waals surface area contributed by atoms with Gasteiger partial charge in [-0.05, 0) is 36.8 Å². The van der Waals surface area contributed by atoms with Gasteiger partial charge in [0.2, 0.25) is 0 Å². The largest absolute Gasteiger partial charge is 0.369 e. The van der Waals surface area contributed by atoms with E-state index in [0.29, 0.717) is 37.7 Å². The van der Waals surface area contributed by atoms with Crippen molar-refractivity contribution in [3.05, 3.63) is 81.6 Å². The lowest BCUT2D eigenvalue weighted by molar-refractivity contribution is 0.0208. The summed E-state index contributed by atoms with van der Waals surface area (Å²) in [6.45, 7) is 3.50. The van der Waals surface area contributed by atoms with Gasteiger partial charge in [0.25, 0.3) is 0 Å². The van der Waals surface area contributed by atoms with Gasteiger partial charge < -0.3 is 14.5 Å². The number of carbonyl (C=O) groups excluding carboxylic acids is 1. The first kappa shape index (κ1) is 24.7. The quantitative estimate of drug-likeness (QED) is 0.115. The SMILES string of the molecule is CC#CCCOC(c1ccc(Cl)cc1)C(Cl)N1C=CN(CCC(=O)c2ccc(Br)cc2)C1. The molecule has 1 aliphatic rings. The van der Waals surface area contributed by atoms with Crippen LogP contribution in [-0.2, 0) is 4.74 Å². The number of nitrogens with zero attached hydrogens (tertiary/aromatic N) is 2. The Morgan fingerprint density at radius 3 is 2.56 bits per heavy atom. The number of Topliss-reactive ketones (excluding diaryl/α,β-unsaturated/α-hetero) is 1. The van der Waals surface area contributed by atoms with Crippen LogP contribution in [-0.4, -0.2) is 40.9 Å². The average Bonchev–Trinajstić information content (AvgIpc) is 3.28. The lowest BCUT2D eigenvalue weighted by Gasteiger charge is -2.31. The standard InChI is InChI=1S/C25H25BrCl2N2O2/c1-2-3-4-17-32-24(20-7-11-22(27)12-8-20)25(28)30-16-15-29(18-30)14-13-23(31)19-5-9-21(26)10-6-19/h5-12,15-16,24-25H,4,13-14,17-18H2,1H3. The molecular formula is C25H25BrCl2N2O2. The monoisotopic (exact) mass is 534 g/mol. The zero-order valence-corrected chi connectivity index (χ0v) is 20.9. The fourth-order valence-electron chi connectivity index (χ4n) is 3.34. The van der Waals surface area contributed by atoms with Crippen molar-refractivity contribution in [2.75, 3.05) is 19.8 Å². The van der Waals surface area contributed by atoms with Crippen LogP contribution in [0.1, 0.15) is 41.8 Å². The highest BCUT2D eigenvalue weighted by molar-refractivity contribution is 9.10. The number of alkyl halides is 1. The van der Waals surface area contributed by atoms with Crippen molar-refractivity contribution in [2.24, 2.45) is 0 Å². The molecule has 0 saturated heterocycles. The third-order valence-electron chi connectivity index (χ3n) is 5.07. The maximum atomic E-state index is 12.5. The molecule has 0 fully saturated rings. The van der Waals surface area contributed by atoms with Crippen LogP contribution in [0.4, 0.5) is 0 Å². The van der Waals surface area contributed by atoms with Crippen LogP contribution in [0.25, 0.3) is 0 Å². The fourth-order valence-corrected chi connectivity index (χ4v) is 4.07. The second-order valence-corrected chi connectivity index (χ2v) is 9.14. The fraction of sp³-hybridized carbons (Fsp3) is 0.320. The second kappa shape index (κ2) is 12.3. The Hall–Kier alpha value is -1.97. The van der Waals surface area contributed by atoms with Crippen LogP contribution in [0.5, 0.6) is 0 Å². The first-order chi connectivity index (χ1) is 15.5. The Kier molecular flexibility index (Phi) is 9.50. The minimum absolute atomic E-state index is 0.117. The summed E-state index contributed by atoms with van der Waals surface area (Å²) in [5.41, 5.74) is 1.25. The molecule has 0 saturated carbocycles. The van der Waals surface area contributed by atoms with Crippen molar-refractivity contribution < 1.29 is 9.53 Å². The van der Waals surface area contributed by atoms with E-state index < -0.39 is 5.50 Å². The summed E-state index contributed by atoms with van der Waals surface area (Å²) in [5, 5.41) is 0.665. The molecule has 1 aliphatic heterocycles. The Labute approximate surface area is 208 Å². The van der Waals surface area contributed by atoms with Gasteiger partial charge in [-0.15, -0.1) is 11.8 Å². The molecule has 0 bridgehead atoms. The summed E-state index contributed by atoms with van der Waals surface area (Å²) < 4.78 is 7.07. The van der Waals surface area contributed by atoms with Crippen molar-refractivity contribution in [3.8, 4) is 11.8 Å². The molecule has 0 radical (unpaired) electrons. The van der Waals surface area contributed by atoms with Crippen LogP contribution in [0, 0.1) is 11.8 Å². The number of carbonyl (C=O) groups is 1. The number of ether oxygens (including phenoxy) is 1. The van der Waals surface area contributed by atoms with Gasteiger partial charge in [0.15, 0.2) is 5.78 Å². The van der Waals surface area contributed by atoms with Crippen molar-refractivity contribution >= 4 is 44.9 Å². The van der Waals surface area contributed by atoms with Crippen LogP contribution >= 0.6 is 39.1 Å². The number of rotatable bonds is 10. The Balaban J connectivity index is 1.58. The molecule has 4 nitrogen and oxygen atoms in total. The average molecular weight is 536 g/mol. The van der Waals surface area contributed by atoms with Crippen LogP contribution < -0.4 is 0 Å². The van der Waals surface area contributed by atoms with E-state index >= 15 is 0 Å². The van der Waals surface area contributed by atoms with Crippen LogP contribution in [0.2, 0.25) is 5.02 Å². The van der Waals surface area contributed by atoms with Crippen molar-refractivity contribution in [1.29, 1.82) is 0 Å². The van der Waals surface area contributed by atoms with Crippen molar-refractivity contribution in [2.45, 2.75) is 31.4 Å². The van der Waals surface area contributed by atoms with Gasteiger partial charge in [0.05, 0.1) is 13.3 Å². The van der Waals surface area contributed by atoms with Gasteiger partial charge >= 0.3 is 0 Å². The zero-order valence-electron chi connectivity index (χ0n) is 17.8. The molecule has 0 aliphatic carbocycles. The van der Waals surface area contributed by atoms with Crippen LogP contribution in [0.15, 0.2) is 65.4 Å². The summed E-state index contributed by atoms with van der Waals surface area (Å²) >= 11 is 16.3. The molecule has 1 heterocycles. The highest BCUT2D eigenvalue weighted by Gasteiger charge is 2.29. The molecule has 0 N–H and O–H groups in total. The number of hydrogen-bond acceptors (Lipinski definition) is 4. The molecule has 0 spiro atoms. The number of ketones is 1. The molecule has 2 atom stereocenters. The first-order valence-electron chi connectivity index (χ1n) is 10.4. The number of hydrogen-bond donors (Lipinski definition) is 0. The Morgan fingerprint density at radius 1 is 1.16 bits per heavy atom. The van der Waals surface area contributed by atoms with Gasteiger partial charge in [0.1, 0.15) is 11.6 Å². The topological polar surface area (TPSA) is 32.8 Å². The van der Waals surface area contributed by atoms with E-state index in [9.17, 15) is 4.79 Å². The van der Waals surface area contributed by atoms with E-state index in [2.05, 4.69) is 32.7 Å². The number of halogens is 3. The molecule has 0 amide bonds. The highest BCUT2D eigenvalue weighted by atomic mass is 79.9. The minimum atomic E-state index is -0.422. The molecule has 2 aromatic rings. The summed E-state index contributed by atoms with van der Waals surface area (Å²) in [4.78, 5) is 16.6. The Bertz CT molecular complexity index is 984. The minimum Gasteiger partial charge on any atom is -0.369 e. The van der Waals surface area contributed by atoms with Crippen LogP contribution in [0.3, 0.4) is 0 Å². The molecule has 2 aromatic carbocycles. The lowest BCUT2D eigenvalue weighted by atomic mass is 10.1. The molecule has 168 valence electrons. The van der Waals surface area contributed by atoms with Gasteiger partial charge in [-0.3, -0.25) is 4.79 Å². The summed E-state index contributed by atoms with van der Waals surface area (Å²) in [7, 11) is 0. The van der Waals surface area contributed by atoms with E-state index in [4.69, 9.17) is 27.9 Å². The molecule has 7 heteroatoms. The van der Waals surface area contributed by atoms with E-state index in [1.54, 1.807) is 0 Å². The summed E-state index contributed by atoms with van der Waals surface area (Å²) in [5.74, 6) is 6.01. The first-order valence-corrected chi connectivity index (χ1v) is 12.0. The third kappa shape index (κ3) is 7.02. The maximum absolute atomic E-state index is 12.5. The second-order valence-electron chi connectivity index (χ2n) is 7.34. The predicted molar refractivity (Wildman–Crippen MR) is 133 cm³/mol. The third-order valence-corrected chi connectivity index (χ3v) is 6.33. The summed E-state index contributed by atoms with van der Waals surface area (Å²) in [6, 6.07) is 15.0. The Morgan fingerprint density at radius 2 is 1.88 bits per heavy atom. The molecule has 32 heavy (non-hydrogen) atoms. The van der Waals surface area contributed by atoms with Gasteiger partial charge in [-0.1, -0.05) is 63.4 Å². The highest BCUT2D eigenvalue weighted by Crippen LogP contribution is 2.31. The maximum Gasteiger partial charge on any atom is 0.164 e. The van der Waals surface area contributed by atoms with Crippen molar-refractivity contribution in [3.63, 3.8) is 0 Å². The molecule has 2 unspecified atom stereocenters.